The molecule has 0 bridgehead atoms. The van der Waals surface area contributed by atoms with Crippen molar-refractivity contribution in [2.24, 2.45) is 0 Å². The second-order valence-corrected chi connectivity index (χ2v) is 15.1. The van der Waals surface area contributed by atoms with Gasteiger partial charge in [0.05, 0.1) is 29.3 Å². The summed E-state index contributed by atoms with van der Waals surface area (Å²) in [4.78, 5) is 24.8. The van der Waals surface area contributed by atoms with E-state index in [0.29, 0.717) is 41.1 Å². The maximum absolute atomic E-state index is 11.9. The van der Waals surface area contributed by atoms with E-state index in [2.05, 4.69) is 68.1 Å². The van der Waals surface area contributed by atoms with Gasteiger partial charge in [-0.1, -0.05) is 48.4 Å². The van der Waals surface area contributed by atoms with E-state index in [0.717, 1.165) is 103 Å². The number of hydrogen-bond donors (Lipinski definition) is 3. The van der Waals surface area contributed by atoms with Crippen molar-refractivity contribution in [2.45, 2.75) is 77.9 Å². The summed E-state index contributed by atoms with van der Waals surface area (Å²) in [5, 5.41) is 25.2. The van der Waals surface area contributed by atoms with Crippen LogP contribution in [-0.4, -0.2) is 74.0 Å². The average molecular weight is 778 g/mol. The van der Waals surface area contributed by atoms with Gasteiger partial charge in [0.1, 0.15) is 42.4 Å². The second kappa shape index (κ2) is 18.2. The van der Waals surface area contributed by atoms with Gasteiger partial charge < -0.3 is 24.2 Å². The first-order chi connectivity index (χ1) is 27.2. The molecule has 3 aromatic carbocycles. The molecular formula is C43H48ClN7O5. The Kier molecular flexibility index (Phi) is 12.7. The van der Waals surface area contributed by atoms with Crippen LogP contribution < -0.4 is 19.9 Å². The molecule has 2 atom stereocenters. The highest BCUT2D eigenvalue weighted by Crippen LogP contribution is 2.38. The number of benzene rings is 3. The number of pyridine rings is 1. The van der Waals surface area contributed by atoms with Crippen LogP contribution in [0.5, 0.6) is 17.2 Å². The monoisotopic (exact) mass is 777 g/mol. The molecule has 3 N–H and O–H groups in total. The summed E-state index contributed by atoms with van der Waals surface area (Å²) in [5.74, 6) is 2.57. The number of β-amino-alcohol motifs (C(OH)–C–C–N with tert-alkyl or cyclic N) is 1. The van der Waals surface area contributed by atoms with Crippen LogP contribution in [-0.2, 0) is 19.8 Å². The van der Waals surface area contributed by atoms with E-state index >= 15 is 0 Å². The van der Waals surface area contributed by atoms with E-state index in [1.165, 1.54) is 6.20 Å². The number of likely N-dealkylation sites (tertiary alicyclic amines) is 2. The minimum atomic E-state index is -0.396. The predicted octanol–water partition coefficient (Wildman–Crippen LogP) is 7.02. The molecule has 13 heteroatoms. The molecule has 2 fully saturated rings. The lowest BCUT2D eigenvalue weighted by Gasteiger charge is -2.34. The molecule has 0 radical (unpaired) electrons. The van der Waals surface area contributed by atoms with E-state index in [4.69, 9.17) is 25.8 Å². The zero-order valence-electron chi connectivity index (χ0n) is 31.9. The lowest BCUT2D eigenvalue weighted by Crippen LogP contribution is -2.34. The highest BCUT2D eigenvalue weighted by molar-refractivity contribution is 6.32. The van der Waals surface area contributed by atoms with Crippen molar-refractivity contribution in [2.75, 3.05) is 32.8 Å². The van der Waals surface area contributed by atoms with E-state index in [1.54, 1.807) is 12.3 Å². The van der Waals surface area contributed by atoms with E-state index < -0.39 is 5.69 Å². The van der Waals surface area contributed by atoms with Crippen molar-refractivity contribution >= 4 is 11.6 Å². The lowest BCUT2D eigenvalue weighted by molar-refractivity contribution is 0.132. The Labute approximate surface area is 332 Å². The highest BCUT2D eigenvalue weighted by atomic mass is 35.5. The zero-order valence-corrected chi connectivity index (χ0v) is 32.6. The Bertz CT molecular complexity index is 2230. The summed E-state index contributed by atoms with van der Waals surface area (Å²) in [6.45, 7) is 9.22. The second-order valence-electron chi connectivity index (χ2n) is 14.7. The fourth-order valence-corrected chi connectivity index (χ4v) is 7.96. The molecule has 292 valence electrons. The molecule has 12 nitrogen and oxygen atoms in total. The molecule has 0 saturated carbocycles. The molecule has 0 amide bonds. The molecule has 2 aromatic heterocycles. The van der Waals surface area contributed by atoms with E-state index in [1.807, 2.05) is 30.3 Å². The number of aliphatic hydroxyl groups is 1. The van der Waals surface area contributed by atoms with Gasteiger partial charge >= 0.3 is 5.69 Å². The molecular weight excluding hydrogens is 730 g/mol. The third-order valence-corrected chi connectivity index (χ3v) is 11.1. The first-order valence-corrected chi connectivity index (χ1v) is 19.7. The summed E-state index contributed by atoms with van der Waals surface area (Å²) in [5.41, 5.74) is 7.09. The summed E-state index contributed by atoms with van der Waals surface area (Å²) < 4.78 is 19.1. The van der Waals surface area contributed by atoms with Gasteiger partial charge in [-0.2, -0.15) is 10.2 Å². The van der Waals surface area contributed by atoms with Crippen LogP contribution in [0, 0.1) is 25.2 Å². The number of nitriles is 1. The van der Waals surface area contributed by atoms with Crippen LogP contribution in [0.1, 0.15) is 77.4 Å². The van der Waals surface area contributed by atoms with Gasteiger partial charge in [-0.05, 0) is 92.1 Å². The smallest absolute Gasteiger partial charge is 0.361 e. The number of hydrogen-bond acceptors (Lipinski definition) is 10. The van der Waals surface area contributed by atoms with E-state index in [9.17, 15) is 15.2 Å². The normalized spacial score (nSPS) is 17.5. The third-order valence-electron chi connectivity index (χ3n) is 10.8. The minimum Gasteiger partial charge on any atom is -0.493 e. The summed E-state index contributed by atoms with van der Waals surface area (Å²) in [6.07, 6.45) is 7.64. The fourth-order valence-electron chi connectivity index (χ4n) is 7.72. The van der Waals surface area contributed by atoms with Gasteiger partial charge in [-0.3, -0.25) is 15.0 Å². The number of piperidine rings is 1. The van der Waals surface area contributed by atoms with Crippen LogP contribution in [0.3, 0.4) is 0 Å². The largest absolute Gasteiger partial charge is 0.493 e. The topological polar surface area (TPSA) is 153 Å². The standard InChI is InChI=1S/C43H48ClN7O5/c1-28-32(8-5-9-35(28)36-10-6-12-39(29(36)2)54-17-7-14-50-16-13-34(52)25-50)27-56-41-20-40(55-26-31-18-30(21-45)22-46-23-31)33(19-37(41)44)24-51-15-4-3-11-38(51)42-47-43(53)49-48-42/h5-6,8-10,12,18-20,22-23,34,38,52H,3-4,7,11,13-17,24-27H2,1-2H3,(H2,47,48,49,53)/t34-,38?/m1/s1. The first kappa shape index (κ1) is 39.1. The summed E-state index contributed by atoms with van der Waals surface area (Å²) in [6, 6.07) is 20.0. The molecule has 7 rings (SSSR count). The van der Waals surface area contributed by atoms with Crippen LogP contribution in [0.15, 0.2) is 71.8 Å². The molecule has 4 heterocycles. The Morgan fingerprint density at radius 2 is 1.73 bits per heavy atom. The average Bonchev–Trinajstić information content (AvgIpc) is 3.84. The number of aliphatic hydroxyl groups excluding tert-OH is 1. The Hall–Kier alpha value is -5.19. The van der Waals surface area contributed by atoms with Gasteiger partial charge in [0.15, 0.2) is 0 Å². The maximum atomic E-state index is 11.9. The van der Waals surface area contributed by atoms with Crippen molar-refractivity contribution < 1.29 is 19.3 Å². The SMILES string of the molecule is Cc1c(COc2cc(OCc3cncc(C#N)c3)c(CN3CCCCC3c3nc(=O)[nH][nH]3)cc2Cl)cccc1-c1cccc(OCCCN2CC[C@@H](O)C2)c1C. The molecule has 2 aliphatic heterocycles. The number of aromatic nitrogens is 4. The molecule has 56 heavy (non-hydrogen) atoms. The minimum absolute atomic E-state index is 0.0662. The molecule has 0 aliphatic carbocycles. The molecule has 2 aliphatic rings. The first-order valence-electron chi connectivity index (χ1n) is 19.3. The van der Waals surface area contributed by atoms with E-state index in [-0.39, 0.29) is 25.4 Å². The predicted molar refractivity (Wildman–Crippen MR) is 214 cm³/mol. The number of rotatable bonds is 15. The highest BCUT2D eigenvalue weighted by Gasteiger charge is 2.28. The van der Waals surface area contributed by atoms with Gasteiger partial charge in [-0.15, -0.1) is 0 Å². The third kappa shape index (κ3) is 9.42. The van der Waals surface area contributed by atoms with Crippen LogP contribution in [0.4, 0.5) is 0 Å². The summed E-state index contributed by atoms with van der Waals surface area (Å²) in [7, 11) is 0. The quantitative estimate of drug-likeness (QED) is 0.0946. The van der Waals surface area contributed by atoms with Crippen LogP contribution >= 0.6 is 11.6 Å². The molecule has 0 spiro atoms. The van der Waals surface area contributed by atoms with Gasteiger partial charge in [-0.25, -0.2) is 9.89 Å². The van der Waals surface area contributed by atoms with Crippen molar-refractivity contribution in [3.8, 4) is 34.4 Å². The van der Waals surface area contributed by atoms with Crippen molar-refractivity contribution in [1.29, 1.82) is 5.26 Å². The Morgan fingerprint density at radius 1 is 0.911 bits per heavy atom. The zero-order chi connectivity index (χ0) is 39.0. The fraction of sp³-hybridized carbons (Fsp3) is 0.395. The van der Waals surface area contributed by atoms with Crippen molar-refractivity contribution in [3.63, 3.8) is 0 Å². The Balaban J connectivity index is 1.09. The Morgan fingerprint density at radius 3 is 2.52 bits per heavy atom. The lowest BCUT2D eigenvalue weighted by atomic mass is 9.93. The van der Waals surface area contributed by atoms with Gasteiger partial charge in [0, 0.05) is 55.8 Å². The van der Waals surface area contributed by atoms with Crippen LogP contribution in [0.25, 0.3) is 11.1 Å². The number of nitrogens with zero attached hydrogens (tertiary/aromatic N) is 5. The molecule has 1 unspecified atom stereocenters. The number of nitrogens with one attached hydrogen (secondary N) is 2. The van der Waals surface area contributed by atoms with Crippen molar-refractivity contribution in [3.05, 3.63) is 122 Å². The number of ether oxygens (including phenoxy) is 3. The number of aromatic amines is 2. The van der Waals surface area contributed by atoms with Crippen LogP contribution in [0.2, 0.25) is 5.02 Å². The van der Waals surface area contributed by atoms with Gasteiger partial charge in [0.25, 0.3) is 0 Å². The summed E-state index contributed by atoms with van der Waals surface area (Å²) >= 11 is 6.96. The number of H-pyrrole nitrogens is 2. The maximum Gasteiger partial charge on any atom is 0.361 e. The van der Waals surface area contributed by atoms with Gasteiger partial charge in [0.2, 0.25) is 0 Å². The molecule has 5 aromatic rings. The molecule has 2 saturated heterocycles. The number of halogens is 1. The van der Waals surface area contributed by atoms with Crippen molar-refractivity contribution in [1.82, 2.24) is 30.0 Å².